The van der Waals surface area contributed by atoms with E-state index in [0.29, 0.717) is 19.3 Å². The first kappa shape index (κ1) is 84.6. The van der Waals surface area contributed by atoms with Crippen molar-refractivity contribution in [2.75, 3.05) is 13.2 Å². The van der Waals surface area contributed by atoms with Crippen LogP contribution < -0.4 is 5.32 Å². The fourth-order valence-electron chi connectivity index (χ4n) is 12.2. The predicted molar refractivity (Wildman–Crippen MR) is 375 cm³/mol. The average Bonchev–Trinajstić information content (AvgIpc) is 1.43. The standard InChI is InChI=1S/C78H145NO10/c1-4-7-10-13-16-19-22-24-26-28-30-32-34-35-36-37-38-40-42-44-46-48-51-54-57-60-63-66-73(83)89-76-75(85)74(84)72(67-80)88-78(76)87-68-69(70(81)64-61-58-55-52-49-21-18-15-12-9-6-3)79-77(86)71(82)65-62-59-56-53-50-47-45-43-41-39-33-31-29-27-25-23-20-17-14-11-8-5-2/h16,19,24,26,30,32,61,64,69-72,74-76,78,80-82,84-85H,4-15,17-18,20-23,25,27-29,31,33-60,62-63,65-68H2,1-3H3,(H,79,86)/b19-16-,26-24-,32-30-,64-61+. The number of hydrogen-bond donors (Lipinski definition) is 6. The molecule has 6 N–H and O–H groups in total. The van der Waals surface area contributed by atoms with Gasteiger partial charge < -0.3 is 45.1 Å². The van der Waals surface area contributed by atoms with Crippen LogP contribution in [-0.4, -0.2) is 99.6 Å². The summed E-state index contributed by atoms with van der Waals surface area (Å²) in [5.41, 5.74) is 0. The van der Waals surface area contributed by atoms with Crippen LogP contribution in [-0.2, 0) is 23.8 Å². The summed E-state index contributed by atoms with van der Waals surface area (Å²) in [5, 5.41) is 57.3. The molecule has 0 saturated carbocycles. The molecule has 1 rings (SSSR count). The van der Waals surface area contributed by atoms with Crippen LogP contribution in [0.3, 0.4) is 0 Å². The number of esters is 1. The summed E-state index contributed by atoms with van der Waals surface area (Å²) < 4.78 is 17.7. The van der Waals surface area contributed by atoms with Gasteiger partial charge in [0.2, 0.25) is 5.91 Å². The fraction of sp³-hybridized carbons (Fsp3) is 0.872. The van der Waals surface area contributed by atoms with Crippen LogP contribution in [0.25, 0.3) is 0 Å². The lowest BCUT2D eigenvalue weighted by atomic mass is 9.99. The smallest absolute Gasteiger partial charge is 0.306 e. The zero-order chi connectivity index (χ0) is 64.6. The number of hydrogen-bond acceptors (Lipinski definition) is 10. The third-order valence-corrected chi connectivity index (χ3v) is 18.2. The predicted octanol–water partition coefficient (Wildman–Crippen LogP) is 20.3. The maximum Gasteiger partial charge on any atom is 0.306 e. The first-order valence-corrected chi connectivity index (χ1v) is 38.4. The van der Waals surface area contributed by atoms with Gasteiger partial charge in [0.1, 0.15) is 24.4 Å². The zero-order valence-electron chi connectivity index (χ0n) is 58.3. The summed E-state index contributed by atoms with van der Waals surface area (Å²) in [7, 11) is 0. The maximum atomic E-state index is 13.5. The number of rotatable bonds is 67. The van der Waals surface area contributed by atoms with E-state index in [1.807, 2.05) is 6.08 Å². The van der Waals surface area contributed by atoms with E-state index in [1.165, 1.54) is 257 Å². The molecule has 8 unspecified atom stereocenters. The van der Waals surface area contributed by atoms with Crippen molar-refractivity contribution in [2.24, 2.45) is 0 Å². The van der Waals surface area contributed by atoms with Gasteiger partial charge in [-0.15, -0.1) is 0 Å². The molecule has 0 aliphatic carbocycles. The second-order valence-corrected chi connectivity index (χ2v) is 26.7. The van der Waals surface area contributed by atoms with Crippen LogP contribution in [0.1, 0.15) is 374 Å². The molecule has 1 amide bonds. The van der Waals surface area contributed by atoms with Gasteiger partial charge >= 0.3 is 5.97 Å². The second kappa shape index (κ2) is 65.7. The Morgan fingerprint density at radius 1 is 0.438 bits per heavy atom. The van der Waals surface area contributed by atoms with Crippen LogP contribution in [0, 0.1) is 0 Å². The zero-order valence-corrected chi connectivity index (χ0v) is 58.3. The molecule has 1 fully saturated rings. The van der Waals surface area contributed by atoms with Crippen molar-refractivity contribution in [1.29, 1.82) is 0 Å². The number of ether oxygens (including phenoxy) is 3. The van der Waals surface area contributed by atoms with Crippen LogP contribution in [0.15, 0.2) is 48.6 Å². The summed E-state index contributed by atoms with van der Waals surface area (Å²) in [6, 6.07) is -1.02. The minimum atomic E-state index is -1.61. The largest absolute Gasteiger partial charge is 0.454 e. The van der Waals surface area contributed by atoms with E-state index in [9.17, 15) is 35.1 Å². The lowest BCUT2D eigenvalue weighted by molar-refractivity contribution is -0.305. The average molecular weight is 1260 g/mol. The number of allylic oxidation sites excluding steroid dienone is 7. The Kier molecular flexibility index (Phi) is 62.4. The van der Waals surface area contributed by atoms with Gasteiger partial charge in [0.15, 0.2) is 12.4 Å². The normalized spacial score (nSPS) is 18.3. The molecule has 8 atom stereocenters. The Bertz CT molecular complexity index is 1640. The van der Waals surface area contributed by atoms with Crippen molar-refractivity contribution < 1.29 is 49.3 Å². The molecule has 0 radical (unpaired) electrons. The summed E-state index contributed by atoms with van der Waals surface area (Å²) in [4.78, 5) is 26.7. The van der Waals surface area contributed by atoms with Crippen molar-refractivity contribution in [2.45, 2.75) is 423 Å². The van der Waals surface area contributed by atoms with E-state index in [0.717, 1.165) is 70.6 Å². The molecule has 11 heteroatoms. The molecule has 0 aromatic carbocycles. The van der Waals surface area contributed by atoms with Crippen molar-refractivity contribution in [3.63, 3.8) is 0 Å². The van der Waals surface area contributed by atoms with Gasteiger partial charge in [0.25, 0.3) is 0 Å². The van der Waals surface area contributed by atoms with E-state index in [4.69, 9.17) is 14.2 Å². The highest BCUT2D eigenvalue weighted by atomic mass is 16.7. The number of carbonyl (C=O) groups is 2. The topological polar surface area (TPSA) is 175 Å². The summed E-state index contributed by atoms with van der Waals surface area (Å²) in [6.45, 7) is 5.82. The van der Waals surface area contributed by atoms with E-state index >= 15 is 0 Å². The molecule has 0 bridgehead atoms. The Balaban J connectivity index is 2.48. The lowest BCUT2D eigenvalue weighted by Gasteiger charge is -2.41. The lowest BCUT2D eigenvalue weighted by Crippen LogP contribution is -2.61. The van der Waals surface area contributed by atoms with Gasteiger partial charge in [-0.05, 0) is 64.2 Å². The summed E-state index contributed by atoms with van der Waals surface area (Å²) in [5.74, 6) is -1.18. The molecule has 522 valence electrons. The highest BCUT2D eigenvalue weighted by molar-refractivity contribution is 5.80. The van der Waals surface area contributed by atoms with Gasteiger partial charge in [0, 0.05) is 6.42 Å². The maximum absolute atomic E-state index is 13.5. The van der Waals surface area contributed by atoms with Crippen molar-refractivity contribution in [3.8, 4) is 0 Å². The number of amides is 1. The van der Waals surface area contributed by atoms with E-state index in [-0.39, 0.29) is 13.0 Å². The van der Waals surface area contributed by atoms with Gasteiger partial charge in [-0.3, -0.25) is 9.59 Å². The Labute approximate surface area is 548 Å². The van der Waals surface area contributed by atoms with Gasteiger partial charge in [-0.25, -0.2) is 0 Å². The monoisotopic (exact) mass is 1260 g/mol. The third kappa shape index (κ3) is 52.7. The molecular formula is C78H145NO10. The molecule has 0 spiro atoms. The number of nitrogens with one attached hydrogen (secondary N) is 1. The number of aliphatic hydroxyl groups excluding tert-OH is 5. The first-order chi connectivity index (χ1) is 43.7. The van der Waals surface area contributed by atoms with Crippen molar-refractivity contribution >= 4 is 11.9 Å². The minimum Gasteiger partial charge on any atom is -0.454 e. The number of carbonyl (C=O) groups excluding carboxylic acids is 2. The molecule has 1 heterocycles. The molecule has 1 saturated heterocycles. The van der Waals surface area contributed by atoms with Gasteiger partial charge in [-0.1, -0.05) is 352 Å². The van der Waals surface area contributed by atoms with Crippen LogP contribution in [0.2, 0.25) is 0 Å². The highest BCUT2D eigenvalue weighted by Crippen LogP contribution is 2.27. The van der Waals surface area contributed by atoms with Crippen LogP contribution in [0.5, 0.6) is 0 Å². The highest BCUT2D eigenvalue weighted by Gasteiger charge is 2.47. The van der Waals surface area contributed by atoms with Crippen LogP contribution >= 0.6 is 0 Å². The molecule has 11 nitrogen and oxygen atoms in total. The second-order valence-electron chi connectivity index (χ2n) is 26.7. The van der Waals surface area contributed by atoms with E-state index in [2.05, 4.69) is 62.5 Å². The number of aliphatic hydroxyl groups is 5. The molecule has 1 aliphatic heterocycles. The first-order valence-electron chi connectivity index (χ1n) is 38.4. The van der Waals surface area contributed by atoms with E-state index in [1.54, 1.807) is 6.08 Å². The molecule has 0 aromatic rings. The SMILES string of the molecule is CCCCC/C=C\C/C=C\C/C=C\CCCCCCCCCCCCCCCCC(=O)OC1C(OCC(NC(=O)C(O)CCCCCCCCCCCCCCCCCCCCCCCC)C(O)/C=C/CCCCCCCCCCC)OC(CO)C(O)C1O. The summed E-state index contributed by atoms with van der Waals surface area (Å²) >= 11 is 0. The minimum absolute atomic E-state index is 0.125. The van der Waals surface area contributed by atoms with Gasteiger partial charge in [-0.2, -0.15) is 0 Å². The molecule has 89 heavy (non-hydrogen) atoms. The van der Waals surface area contributed by atoms with Gasteiger partial charge in [0.05, 0.1) is 25.4 Å². The Morgan fingerprint density at radius 2 is 0.775 bits per heavy atom. The number of unbranched alkanes of at least 4 members (excludes halogenated alkanes) is 47. The van der Waals surface area contributed by atoms with E-state index < -0.39 is 67.4 Å². The van der Waals surface area contributed by atoms with Crippen molar-refractivity contribution in [1.82, 2.24) is 5.32 Å². The van der Waals surface area contributed by atoms with Crippen molar-refractivity contribution in [3.05, 3.63) is 48.6 Å². The quantitative estimate of drug-likeness (QED) is 0.0195. The third-order valence-electron chi connectivity index (χ3n) is 18.2. The molecular weight excluding hydrogens is 1110 g/mol. The Hall–Kier alpha value is -2.38. The Morgan fingerprint density at radius 3 is 1.18 bits per heavy atom. The molecule has 1 aliphatic rings. The summed E-state index contributed by atoms with van der Waals surface area (Å²) in [6.07, 6.45) is 73.1. The fourth-order valence-corrected chi connectivity index (χ4v) is 12.2. The van der Waals surface area contributed by atoms with Crippen LogP contribution in [0.4, 0.5) is 0 Å². The molecule has 0 aromatic heterocycles.